The van der Waals surface area contributed by atoms with Crippen molar-refractivity contribution in [3.05, 3.63) is 52.1 Å². The molecular weight excluding hydrogens is 346 g/mol. The molecule has 1 amide bonds. The molecule has 0 aliphatic carbocycles. The fourth-order valence-corrected chi connectivity index (χ4v) is 2.46. The molecule has 2 aromatic rings. The number of nitrogens with one attached hydrogen (secondary N) is 2. The first-order valence-corrected chi connectivity index (χ1v) is 7.66. The lowest BCUT2D eigenvalue weighted by molar-refractivity contribution is 0.102. The molecule has 6 heteroatoms. The van der Waals surface area contributed by atoms with Crippen LogP contribution < -0.4 is 10.6 Å². The Morgan fingerprint density at radius 3 is 2.86 bits per heavy atom. The highest BCUT2D eigenvalue weighted by molar-refractivity contribution is 9.10. The van der Waals surface area contributed by atoms with E-state index in [0.717, 1.165) is 15.7 Å². The molecule has 5 nitrogen and oxygen atoms in total. The van der Waals surface area contributed by atoms with Gasteiger partial charge < -0.3 is 15.4 Å². The standard InChI is InChI=1S/C16H18BrN3O2/c1-11-3-4-14(13(17)9-11)20-16(21)12-5-6-18-15(10-12)19-7-8-22-2/h3-6,9-10H,7-8H2,1-2H3,(H,18,19)(H,20,21). The minimum atomic E-state index is -0.179. The van der Waals surface area contributed by atoms with Gasteiger partial charge in [0.05, 0.1) is 12.3 Å². The normalized spacial score (nSPS) is 10.3. The summed E-state index contributed by atoms with van der Waals surface area (Å²) in [5.74, 6) is 0.467. The Morgan fingerprint density at radius 2 is 2.14 bits per heavy atom. The van der Waals surface area contributed by atoms with Crippen molar-refractivity contribution in [2.24, 2.45) is 0 Å². The molecule has 116 valence electrons. The highest BCUT2D eigenvalue weighted by atomic mass is 79.9. The molecule has 0 aliphatic heterocycles. The maximum absolute atomic E-state index is 12.3. The minimum absolute atomic E-state index is 0.179. The second kappa shape index (κ2) is 7.91. The minimum Gasteiger partial charge on any atom is -0.383 e. The van der Waals surface area contributed by atoms with Crippen molar-refractivity contribution in [3.8, 4) is 0 Å². The van der Waals surface area contributed by atoms with Gasteiger partial charge in [0.1, 0.15) is 5.82 Å². The summed E-state index contributed by atoms with van der Waals surface area (Å²) in [6.07, 6.45) is 1.61. The molecule has 0 spiro atoms. The molecule has 0 unspecified atom stereocenters. The number of amides is 1. The monoisotopic (exact) mass is 363 g/mol. The Morgan fingerprint density at radius 1 is 1.32 bits per heavy atom. The number of carbonyl (C=O) groups excluding carboxylic acids is 1. The number of methoxy groups -OCH3 is 1. The third-order valence-corrected chi connectivity index (χ3v) is 3.66. The number of halogens is 1. The van der Waals surface area contributed by atoms with E-state index in [2.05, 4.69) is 31.5 Å². The van der Waals surface area contributed by atoms with E-state index in [1.807, 2.05) is 25.1 Å². The van der Waals surface area contributed by atoms with E-state index in [0.29, 0.717) is 24.5 Å². The number of benzene rings is 1. The van der Waals surface area contributed by atoms with E-state index in [-0.39, 0.29) is 5.91 Å². The van der Waals surface area contributed by atoms with Crippen LogP contribution >= 0.6 is 15.9 Å². The van der Waals surface area contributed by atoms with Crippen LogP contribution in [-0.4, -0.2) is 31.2 Å². The number of rotatable bonds is 6. The van der Waals surface area contributed by atoms with Crippen LogP contribution in [0.2, 0.25) is 0 Å². The van der Waals surface area contributed by atoms with Gasteiger partial charge in [0.15, 0.2) is 0 Å². The quantitative estimate of drug-likeness (QED) is 0.771. The van der Waals surface area contributed by atoms with Crippen molar-refractivity contribution in [3.63, 3.8) is 0 Å². The molecule has 22 heavy (non-hydrogen) atoms. The number of hydrogen-bond donors (Lipinski definition) is 2. The van der Waals surface area contributed by atoms with Crippen molar-refractivity contribution < 1.29 is 9.53 Å². The summed E-state index contributed by atoms with van der Waals surface area (Å²) in [7, 11) is 1.64. The van der Waals surface area contributed by atoms with Crippen molar-refractivity contribution in [2.75, 3.05) is 30.9 Å². The zero-order valence-corrected chi connectivity index (χ0v) is 14.1. The first-order valence-electron chi connectivity index (χ1n) is 6.86. The van der Waals surface area contributed by atoms with Crippen molar-refractivity contribution in [2.45, 2.75) is 6.92 Å². The number of ether oxygens (including phenoxy) is 1. The fourth-order valence-electron chi connectivity index (χ4n) is 1.87. The van der Waals surface area contributed by atoms with Crippen LogP contribution in [0.5, 0.6) is 0 Å². The zero-order valence-electron chi connectivity index (χ0n) is 12.5. The molecule has 0 fully saturated rings. The first kappa shape index (κ1) is 16.5. The van der Waals surface area contributed by atoms with Crippen LogP contribution in [0.4, 0.5) is 11.5 Å². The number of carbonyl (C=O) groups is 1. The lowest BCUT2D eigenvalue weighted by Gasteiger charge is -2.09. The summed E-state index contributed by atoms with van der Waals surface area (Å²) in [6, 6.07) is 9.17. The van der Waals surface area contributed by atoms with E-state index in [1.165, 1.54) is 0 Å². The van der Waals surface area contributed by atoms with Gasteiger partial charge in [-0.05, 0) is 52.7 Å². The van der Waals surface area contributed by atoms with Crippen molar-refractivity contribution in [1.82, 2.24) is 4.98 Å². The van der Waals surface area contributed by atoms with E-state index < -0.39 is 0 Å². The molecule has 1 aromatic carbocycles. The Balaban J connectivity index is 2.07. The molecule has 0 aliphatic rings. The molecule has 2 N–H and O–H groups in total. The van der Waals surface area contributed by atoms with Gasteiger partial charge in [0.25, 0.3) is 5.91 Å². The zero-order chi connectivity index (χ0) is 15.9. The van der Waals surface area contributed by atoms with Gasteiger partial charge in [-0.25, -0.2) is 4.98 Å². The van der Waals surface area contributed by atoms with Crippen LogP contribution in [0.3, 0.4) is 0 Å². The van der Waals surface area contributed by atoms with Gasteiger partial charge in [-0.2, -0.15) is 0 Å². The van der Waals surface area contributed by atoms with Gasteiger partial charge in [0, 0.05) is 29.9 Å². The second-order valence-electron chi connectivity index (χ2n) is 4.79. The number of aromatic nitrogens is 1. The Labute approximate surface area is 138 Å². The molecule has 0 saturated carbocycles. The number of aryl methyl sites for hydroxylation is 1. The third kappa shape index (κ3) is 4.54. The summed E-state index contributed by atoms with van der Waals surface area (Å²) in [5.41, 5.74) is 2.40. The van der Waals surface area contributed by atoms with Gasteiger partial charge in [-0.3, -0.25) is 4.79 Å². The van der Waals surface area contributed by atoms with Crippen LogP contribution in [0.1, 0.15) is 15.9 Å². The number of pyridine rings is 1. The predicted octanol–water partition coefficient (Wildman–Crippen LogP) is 3.46. The van der Waals surface area contributed by atoms with Crippen LogP contribution in [0.15, 0.2) is 41.0 Å². The number of anilines is 2. The summed E-state index contributed by atoms with van der Waals surface area (Å²) in [5, 5.41) is 5.98. The summed E-state index contributed by atoms with van der Waals surface area (Å²) in [4.78, 5) is 16.5. The summed E-state index contributed by atoms with van der Waals surface area (Å²) >= 11 is 3.45. The highest BCUT2D eigenvalue weighted by Crippen LogP contribution is 2.24. The van der Waals surface area contributed by atoms with E-state index in [1.54, 1.807) is 25.4 Å². The summed E-state index contributed by atoms with van der Waals surface area (Å²) < 4.78 is 5.82. The topological polar surface area (TPSA) is 63.2 Å². The van der Waals surface area contributed by atoms with Crippen molar-refractivity contribution >= 4 is 33.3 Å². The Kier molecular flexibility index (Phi) is 5.91. The van der Waals surface area contributed by atoms with Crippen molar-refractivity contribution in [1.29, 1.82) is 0 Å². The smallest absolute Gasteiger partial charge is 0.255 e. The molecular formula is C16H18BrN3O2. The lowest BCUT2D eigenvalue weighted by atomic mass is 10.2. The molecule has 0 bridgehead atoms. The average molecular weight is 364 g/mol. The van der Waals surface area contributed by atoms with E-state index in [4.69, 9.17) is 4.74 Å². The SMILES string of the molecule is COCCNc1cc(C(=O)Nc2ccc(C)cc2Br)ccn1. The van der Waals surface area contributed by atoms with Gasteiger partial charge in [0.2, 0.25) is 0 Å². The predicted molar refractivity (Wildman–Crippen MR) is 91.4 cm³/mol. The number of hydrogen-bond acceptors (Lipinski definition) is 4. The van der Waals surface area contributed by atoms with Gasteiger partial charge >= 0.3 is 0 Å². The molecule has 1 heterocycles. The lowest BCUT2D eigenvalue weighted by Crippen LogP contribution is -2.14. The molecule has 2 rings (SSSR count). The summed E-state index contributed by atoms with van der Waals surface area (Å²) in [6.45, 7) is 3.21. The van der Waals surface area contributed by atoms with Crippen LogP contribution in [0.25, 0.3) is 0 Å². The Bertz CT molecular complexity index is 662. The van der Waals surface area contributed by atoms with Gasteiger partial charge in [-0.15, -0.1) is 0 Å². The molecule has 0 atom stereocenters. The first-order chi connectivity index (χ1) is 10.6. The second-order valence-corrected chi connectivity index (χ2v) is 5.64. The van der Waals surface area contributed by atoms with E-state index in [9.17, 15) is 4.79 Å². The average Bonchev–Trinajstić information content (AvgIpc) is 2.50. The highest BCUT2D eigenvalue weighted by Gasteiger charge is 2.09. The Hall–Kier alpha value is -1.92. The van der Waals surface area contributed by atoms with E-state index >= 15 is 0 Å². The maximum atomic E-state index is 12.3. The molecule has 0 radical (unpaired) electrons. The molecule has 0 saturated heterocycles. The number of nitrogens with zero attached hydrogens (tertiary/aromatic N) is 1. The van der Waals surface area contributed by atoms with Crippen LogP contribution in [0, 0.1) is 6.92 Å². The largest absolute Gasteiger partial charge is 0.383 e. The van der Waals surface area contributed by atoms with Crippen LogP contribution in [-0.2, 0) is 4.74 Å². The van der Waals surface area contributed by atoms with Gasteiger partial charge in [-0.1, -0.05) is 6.07 Å². The molecule has 1 aromatic heterocycles. The fraction of sp³-hybridized carbons (Fsp3) is 0.250. The maximum Gasteiger partial charge on any atom is 0.255 e. The third-order valence-electron chi connectivity index (χ3n) is 3.01.